The molecule has 1 rings (SSSR count). The number of rotatable bonds is 4. The van der Waals surface area contributed by atoms with E-state index in [1.165, 1.54) is 16.7 Å². The van der Waals surface area contributed by atoms with Gasteiger partial charge in [0.2, 0.25) is 0 Å². The zero-order chi connectivity index (χ0) is 12.3. The van der Waals surface area contributed by atoms with E-state index in [-0.39, 0.29) is 18.6 Å². The number of hydrogen-bond donors (Lipinski definition) is 1. The second kappa shape index (κ2) is 5.46. The highest BCUT2D eigenvalue weighted by Crippen LogP contribution is 2.27. The highest BCUT2D eigenvalue weighted by Gasteiger charge is 2.20. The van der Waals surface area contributed by atoms with E-state index in [0.29, 0.717) is 0 Å². The molecule has 2 atom stereocenters. The minimum atomic E-state index is 0.218. The summed E-state index contributed by atoms with van der Waals surface area (Å²) >= 11 is 0. The van der Waals surface area contributed by atoms with Gasteiger partial charge in [-0.1, -0.05) is 25.1 Å². The summed E-state index contributed by atoms with van der Waals surface area (Å²) in [5, 5.41) is 9.31. The van der Waals surface area contributed by atoms with Crippen molar-refractivity contribution < 1.29 is 5.11 Å². The Hall–Kier alpha value is -0.860. The molecule has 1 aromatic carbocycles. The van der Waals surface area contributed by atoms with Crippen molar-refractivity contribution in [3.8, 4) is 0 Å². The Kier molecular flexibility index (Phi) is 4.51. The summed E-state index contributed by atoms with van der Waals surface area (Å²) < 4.78 is 0. The molecule has 90 valence electrons. The van der Waals surface area contributed by atoms with Gasteiger partial charge < -0.3 is 10.0 Å². The minimum Gasteiger partial charge on any atom is -0.396 e. The fourth-order valence-corrected chi connectivity index (χ4v) is 2.18. The summed E-state index contributed by atoms with van der Waals surface area (Å²) in [7, 11) is 4.12. The van der Waals surface area contributed by atoms with Crippen molar-refractivity contribution >= 4 is 0 Å². The predicted octanol–water partition coefficient (Wildman–Crippen LogP) is 2.53. The number of nitrogens with zero attached hydrogens (tertiary/aromatic N) is 1. The molecule has 2 unspecified atom stereocenters. The van der Waals surface area contributed by atoms with Gasteiger partial charge >= 0.3 is 0 Å². The molecule has 0 aromatic heterocycles. The van der Waals surface area contributed by atoms with Crippen LogP contribution in [0.1, 0.15) is 29.7 Å². The zero-order valence-corrected chi connectivity index (χ0v) is 11.0. The predicted molar refractivity (Wildman–Crippen MR) is 68.6 cm³/mol. The maximum atomic E-state index is 9.31. The summed E-state index contributed by atoms with van der Waals surface area (Å²) in [6, 6.07) is 6.83. The lowest BCUT2D eigenvalue weighted by Crippen LogP contribution is -2.28. The van der Waals surface area contributed by atoms with E-state index in [9.17, 15) is 5.11 Å². The minimum absolute atomic E-state index is 0.218. The van der Waals surface area contributed by atoms with Crippen LogP contribution >= 0.6 is 0 Å². The summed E-state index contributed by atoms with van der Waals surface area (Å²) in [5.74, 6) is 0.247. The van der Waals surface area contributed by atoms with Crippen LogP contribution in [0.2, 0.25) is 0 Å². The molecule has 2 heteroatoms. The first-order valence-electron chi connectivity index (χ1n) is 5.81. The van der Waals surface area contributed by atoms with Gasteiger partial charge in [-0.3, -0.25) is 0 Å². The molecule has 16 heavy (non-hydrogen) atoms. The Bertz CT molecular complexity index is 347. The number of hydrogen-bond acceptors (Lipinski definition) is 2. The van der Waals surface area contributed by atoms with Gasteiger partial charge in [0, 0.05) is 12.6 Å². The van der Waals surface area contributed by atoms with Crippen LogP contribution in [0.25, 0.3) is 0 Å². The first-order chi connectivity index (χ1) is 7.47. The van der Waals surface area contributed by atoms with E-state index >= 15 is 0 Å². The molecule has 0 amide bonds. The molecule has 0 aliphatic carbocycles. The number of aryl methyl sites for hydroxylation is 2. The maximum absolute atomic E-state index is 9.31. The van der Waals surface area contributed by atoms with Gasteiger partial charge in [-0.25, -0.2) is 0 Å². The van der Waals surface area contributed by atoms with Crippen molar-refractivity contribution in [2.75, 3.05) is 20.7 Å². The second-order valence-corrected chi connectivity index (χ2v) is 4.91. The molecule has 0 heterocycles. The smallest absolute Gasteiger partial charge is 0.0474 e. The van der Waals surface area contributed by atoms with Crippen LogP contribution < -0.4 is 0 Å². The molecule has 1 aromatic rings. The van der Waals surface area contributed by atoms with Crippen molar-refractivity contribution in [1.29, 1.82) is 0 Å². The molecule has 2 nitrogen and oxygen atoms in total. The average Bonchev–Trinajstić information content (AvgIpc) is 2.22. The van der Waals surface area contributed by atoms with Crippen molar-refractivity contribution in [3.63, 3.8) is 0 Å². The third kappa shape index (κ3) is 2.83. The van der Waals surface area contributed by atoms with Crippen LogP contribution in [-0.2, 0) is 0 Å². The normalized spacial score (nSPS) is 15.2. The van der Waals surface area contributed by atoms with Crippen LogP contribution in [0.3, 0.4) is 0 Å². The third-order valence-corrected chi connectivity index (χ3v) is 3.26. The lowest BCUT2D eigenvalue weighted by molar-refractivity contribution is 0.145. The summed E-state index contributed by atoms with van der Waals surface area (Å²) in [6.45, 7) is 6.56. The van der Waals surface area contributed by atoms with E-state index in [4.69, 9.17) is 0 Å². The Morgan fingerprint density at radius 1 is 1.19 bits per heavy atom. The molecule has 0 aliphatic heterocycles. The van der Waals surface area contributed by atoms with Crippen LogP contribution in [0.5, 0.6) is 0 Å². The van der Waals surface area contributed by atoms with E-state index < -0.39 is 0 Å². The second-order valence-electron chi connectivity index (χ2n) is 4.91. The molecule has 0 saturated carbocycles. The van der Waals surface area contributed by atoms with Gasteiger partial charge in [0.25, 0.3) is 0 Å². The van der Waals surface area contributed by atoms with Crippen molar-refractivity contribution in [3.05, 3.63) is 34.9 Å². The molecule has 0 aliphatic rings. The molecular weight excluding hydrogens is 198 g/mol. The van der Waals surface area contributed by atoms with E-state index in [2.05, 4.69) is 58.0 Å². The van der Waals surface area contributed by atoms with Gasteiger partial charge in [-0.2, -0.15) is 0 Å². The quantitative estimate of drug-likeness (QED) is 0.844. The van der Waals surface area contributed by atoms with Crippen molar-refractivity contribution in [2.24, 2.45) is 5.92 Å². The van der Waals surface area contributed by atoms with Crippen LogP contribution in [0.4, 0.5) is 0 Å². The first kappa shape index (κ1) is 13.2. The fraction of sp³-hybridized carbons (Fsp3) is 0.571. The van der Waals surface area contributed by atoms with Gasteiger partial charge in [-0.15, -0.1) is 0 Å². The van der Waals surface area contributed by atoms with Crippen LogP contribution in [-0.4, -0.2) is 30.7 Å². The zero-order valence-electron chi connectivity index (χ0n) is 11.0. The van der Waals surface area contributed by atoms with Gasteiger partial charge in [0.15, 0.2) is 0 Å². The van der Waals surface area contributed by atoms with E-state index in [1.54, 1.807) is 0 Å². The highest BCUT2D eigenvalue weighted by atomic mass is 16.3. The molecular formula is C14H23NO. The van der Waals surface area contributed by atoms with Gasteiger partial charge in [-0.05, 0) is 50.6 Å². The van der Waals surface area contributed by atoms with E-state index in [1.807, 2.05) is 0 Å². The van der Waals surface area contributed by atoms with Gasteiger partial charge in [0.05, 0.1) is 0 Å². The largest absolute Gasteiger partial charge is 0.396 e. The average molecular weight is 221 g/mol. The lowest BCUT2D eigenvalue weighted by Gasteiger charge is -2.30. The molecule has 0 radical (unpaired) electrons. The fourth-order valence-electron chi connectivity index (χ4n) is 2.18. The Morgan fingerprint density at radius 3 is 2.25 bits per heavy atom. The van der Waals surface area contributed by atoms with Crippen LogP contribution in [0, 0.1) is 19.8 Å². The highest BCUT2D eigenvalue weighted by molar-refractivity contribution is 5.32. The lowest BCUT2D eigenvalue weighted by atomic mass is 9.92. The molecule has 0 saturated heterocycles. The van der Waals surface area contributed by atoms with Crippen molar-refractivity contribution in [2.45, 2.75) is 26.8 Å². The standard InChI is InChI=1S/C14H23NO/c1-10-6-7-13(8-11(10)2)14(15(4)5)12(3)9-16/h6-8,12,14,16H,9H2,1-5H3. The Morgan fingerprint density at radius 2 is 1.81 bits per heavy atom. The summed E-state index contributed by atoms with van der Waals surface area (Å²) in [4.78, 5) is 2.17. The SMILES string of the molecule is Cc1ccc(C(C(C)CO)N(C)C)cc1C. The third-order valence-electron chi connectivity index (χ3n) is 3.26. The van der Waals surface area contributed by atoms with E-state index in [0.717, 1.165) is 0 Å². The molecule has 0 fully saturated rings. The molecule has 1 N–H and O–H groups in total. The first-order valence-corrected chi connectivity index (χ1v) is 5.81. The monoisotopic (exact) mass is 221 g/mol. The van der Waals surface area contributed by atoms with Crippen molar-refractivity contribution in [1.82, 2.24) is 4.90 Å². The topological polar surface area (TPSA) is 23.5 Å². The Balaban J connectivity index is 3.06. The summed E-state index contributed by atoms with van der Waals surface area (Å²) in [5.41, 5.74) is 3.92. The maximum Gasteiger partial charge on any atom is 0.0474 e. The number of aliphatic hydroxyl groups is 1. The van der Waals surface area contributed by atoms with Crippen LogP contribution in [0.15, 0.2) is 18.2 Å². The Labute approximate surface area is 98.9 Å². The molecule has 0 spiro atoms. The number of benzene rings is 1. The molecule has 0 bridgehead atoms. The van der Waals surface area contributed by atoms with Gasteiger partial charge in [0.1, 0.15) is 0 Å². The number of aliphatic hydroxyl groups excluding tert-OH is 1. The summed E-state index contributed by atoms with van der Waals surface area (Å²) in [6.07, 6.45) is 0.